The second-order valence-electron chi connectivity index (χ2n) is 16.7. The van der Waals surface area contributed by atoms with E-state index >= 15 is 0 Å². The van der Waals surface area contributed by atoms with Gasteiger partial charge in [0.25, 0.3) is 0 Å². The quantitative estimate of drug-likeness (QED) is 0.0262. The molecule has 0 saturated carbocycles. The van der Waals surface area contributed by atoms with Crippen molar-refractivity contribution in [3.8, 4) is 0 Å². The Balaban J connectivity index is 4.46. The first-order chi connectivity index (χ1) is 31.0. The summed E-state index contributed by atoms with van der Waals surface area (Å²) in [7, 11) is 0. The van der Waals surface area contributed by atoms with Crippen molar-refractivity contribution in [3.63, 3.8) is 0 Å². The lowest BCUT2D eigenvalue weighted by molar-refractivity contribution is -0.167. The number of ether oxygens (including phenoxy) is 3. The maximum Gasteiger partial charge on any atom is 0.306 e. The molecule has 0 aromatic heterocycles. The maximum absolute atomic E-state index is 12.8. The molecule has 1 unspecified atom stereocenters. The van der Waals surface area contributed by atoms with Crippen LogP contribution in [0.2, 0.25) is 0 Å². The predicted molar refractivity (Wildman–Crippen MR) is 270 cm³/mol. The van der Waals surface area contributed by atoms with Crippen molar-refractivity contribution in [2.24, 2.45) is 0 Å². The average molecular weight is 875 g/mol. The molecule has 0 fully saturated rings. The van der Waals surface area contributed by atoms with E-state index in [0.29, 0.717) is 19.3 Å². The first-order valence-electron chi connectivity index (χ1n) is 25.7. The molecule has 358 valence electrons. The van der Waals surface area contributed by atoms with Gasteiger partial charge >= 0.3 is 17.9 Å². The van der Waals surface area contributed by atoms with Crippen LogP contribution in [0.1, 0.15) is 226 Å². The molecule has 0 aromatic carbocycles. The second kappa shape index (κ2) is 51.0. The van der Waals surface area contributed by atoms with Gasteiger partial charge in [-0.15, -0.1) is 0 Å². The number of rotatable bonds is 45. The third kappa shape index (κ3) is 49.2. The monoisotopic (exact) mass is 875 g/mol. The minimum Gasteiger partial charge on any atom is -0.462 e. The lowest BCUT2D eigenvalue weighted by Crippen LogP contribution is -2.30. The van der Waals surface area contributed by atoms with Crippen LogP contribution >= 0.6 is 0 Å². The van der Waals surface area contributed by atoms with E-state index < -0.39 is 6.10 Å². The van der Waals surface area contributed by atoms with E-state index in [4.69, 9.17) is 14.2 Å². The van der Waals surface area contributed by atoms with Gasteiger partial charge < -0.3 is 14.2 Å². The normalized spacial score (nSPS) is 12.9. The predicted octanol–water partition coefficient (Wildman–Crippen LogP) is 17.0. The first-order valence-corrected chi connectivity index (χ1v) is 25.7. The Labute approximate surface area is 387 Å². The Morgan fingerprint density at radius 3 is 1.10 bits per heavy atom. The molecule has 0 bridgehead atoms. The van der Waals surface area contributed by atoms with Crippen LogP contribution in [0.5, 0.6) is 0 Å². The highest BCUT2D eigenvalue weighted by molar-refractivity contribution is 5.71. The summed E-state index contributed by atoms with van der Waals surface area (Å²) in [5.41, 5.74) is 0. The molecule has 63 heavy (non-hydrogen) atoms. The SMILES string of the molecule is CC/C=C\C/C=C\C/C=C\C/C=C\C/C=C\CCCC(=O)OC(COC(=O)CCCCCCC/C=C\CCC)COC(=O)CCCCCCCCC/C=C\C/C=C\CCCCCC. The van der Waals surface area contributed by atoms with Gasteiger partial charge in [0, 0.05) is 19.3 Å². The van der Waals surface area contributed by atoms with E-state index in [2.05, 4.69) is 118 Å². The lowest BCUT2D eigenvalue weighted by atomic mass is 10.1. The molecule has 0 amide bonds. The standard InChI is InChI=1S/C57H94O6/c1-4-7-10-13-16-19-22-24-26-28-30-31-33-35-38-41-44-47-50-56(59)62-53-54(52-61-55(58)49-46-43-40-37-21-18-15-12-9-6-3)63-57(60)51-48-45-42-39-36-34-32-29-27-25-23-20-17-14-11-8-5-2/h8,11-12,15,17,19-20,22,25-28,32,34,39,42,54H,4-7,9-10,13-14,16,18,21,23-24,29-31,33,35-38,40-41,43-53H2,1-3H3/b11-8-,15-12-,20-17-,22-19-,27-25-,28-26-,34-32-,42-39-. The van der Waals surface area contributed by atoms with E-state index in [0.717, 1.165) is 109 Å². The largest absolute Gasteiger partial charge is 0.462 e. The number of carbonyl (C=O) groups excluding carboxylic acids is 3. The number of unbranched alkanes of at least 4 members (excludes halogenated alkanes) is 18. The van der Waals surface area contributed by atoms with Crippen LogP contribution in [0.15, 0.2) is 97.2 Å². The summed E-state index contributed by atoms with van der Waals surface area (Å²) in [5.74, 6) is -0.989. The third-order valence-corrected chi connectivity index (χ3v) is 10.5. The van der Waals surface area contributed by atoms with E-state index in [1.54, 1.807) is 0 Å². The minimum atomic E-state index is -0.813. The Kier molecular flexibility index (Phi) is 48.0. The molecule has 0 radical (unpaired) electrons. The molecule has 0 saturated heterocycles. The Morgan fingerprint density at radius 1 is 0.333 bits per heavy atom. The van der Waals surface area contributed by atoms with Gasteiger partial charge in [-0.2, -0.15) is 0 Å². The molecule has 6 nitrogen and oxygen atoms in total. The van der Waals surface area contributed by atoms with Gasteiger partial charge in [-0.05, 0) is 109 Å². The van der Waals surface area contributed by atoms with Gasteiger partial charge in [0.2, 0.25) is 0 Å². The molecule has 0 N–H and O–H groups in total. The molecule has 0 spiro atoms. The molecular weight excluding hydrogens is 781 g/mol. The van der Waals surface area contributed by atoms with Crippen LogP contribution in [-0.2, 0) is 28.6 Å². The minimum absolute atomic E-state index is 0.108. The molecule has 0 heterocycles. The van der Waals surface area contributed by atoms with Gasteiger partial charge in [0.1, 0.15) is 13.2 Å². The van der Waals surface area contributed by atoms with Crippen molar-refractivity contribution < 1.29 is 28.6 Å². The fourth-order valence-electron chi connectivity index (χ4n) is 6.69. The van der Waals surface area contributed by atoms with Crippen molar-refractivity contribution in [2.75, 3.05) is 13.2 Å². The molecule has 1 atom stereocenters. The van der Waals surface area contributed by atoms with Gasteiger partial charge in [-0.3, -0.25) is 14.4 Å². The zero-order valence-electron chi connectivity index (χ0n) is 40.8. The summed E-state index contributed by atoms with van der Waals surface area (Å²) in [6, 6.07) is 0. The topological polar surface area (TPSA) is 78.9 Å². The number of carbonyl (C=O) groups is 3. The molecule has 6 heteroatoms. The van der Waals surface area contributed by atoms with Gasteiger partial charge in [-0.1, -0.05) is 195 Å². The Hall–Kier alpha value is -3.67. The Bertz CT molecular complexity index is 1280. The lowest BCUT2D eigenvalue weighted by Gasteiger charge is -2.18. The summed E-state index contributed by atoms with van der Waals surface area (Å²) in [6.45, 7) is 6.37. The fraction of sp³-hybridized carbons (Fsp3) is 0.667. The van der Waals surface area contributed by atoms with E-state index in [9.17, 15) is 14.4 Å². The van der Waals surface area contributed by atoms with Crippen LogP contribution in [-0.4, -0.2) is 37.2 Å². The smallest absolute Gasteiger partial charge is 0.306 e. The molecule has 0 aliphatic heterocycles. The van der Waals surface area contributed by atoms with Crippen LogP contribution in [0.3, 0.4) is 0 Å². The van der Waals surface area contributed by atoms with E-state index in [-0.39, 0.29) is 37.5 Å². The summed E-state index contributed by atoms with van der Waals surface area (Å²) in [5, 5.41) is 0. The highest BCUT2D eigenvalue weighted by Gasteiger charge is 2.19. The number of hydrogen-bond donors (Lipinski definition) is 0. The van der Waals surface area contributed by atoms with Crippen molar-refractivity contribution in [1.82, 2.24) is 0 Å². The molecule has 0 aliphatic rings. The fourth-order valence-corrected chi connectivity index (χ4v) is 6.69. The van der Waals surface area contributed by atoms with Crippen LogP contribution in [0, 0.1) is 0 Å². The molecule has 0 rings (SSSR count). The zero-order chi connectivity index (χ0) is 45.8. The summed E-state index contributed by atoms with van der Waals surface area (Å²) in [4.78, 5) is 37.9. The third-order valence-electron chi connectivity index (χ3n) is 10.5. The molecule has 0 aliphatic carbocycles. The zero-order valence-corrected chi connectivity index (χ0v) is 40.8. The number of hydrogen-bond acceptors (Lipinski definition) is 6. The summed E-state index contributed by atoms with van der Waals surface area (Å²) in [6.07, 6.45) is 66.8. The van der Waals surface area contributed by atoms with Crippen LogP contribution in [0.25, 0.3) is 0 Å². The van der Waals surface area contributed by atoms with E-state index in [1.807, 2.05) is 0 Å². The van der Waals surface area contributed by atoms with Gasteiger partial charge in [0.15, 0.2) is 6.10 Å². The second-order valence-corrected chi connectivity index (χ2v) is 16.7. The van der Waals surface area contributed by atoms with Gasteiger partial charge in [-0.25, -0.2) is 0 Å². The average Bonchev–Trinajstić information content (AvgIpc) is 3.28. The molecular formula is C57H94O6. The van der Waals surface area contributed by atoms with Gasteiger partial charge in [0.05, 0.1) is 0 Å². The highest BCUT2D eigenvalue weighted by atomic mass is 16.6. The van der Waals surface area contributed by atoms with Crippen LogP contribution in [0.4, 0.5) is 0 Å². The first kappa shape index (κ1) is 59.3. The number of allylic oxidation sites excluding steroid dienone is 16. The van der Waals surface area contributed by atoms with Crippen molar-refractivity contribution in [2.45, 2.75) is 232 Å². The summed E-state index contributed by atoms with van der Waals surface area (Å²) < 4.78 is 16.7. The maximum atomic E-state index is 12.8. The highest BCUT2D eigenvalue weighted by Crippen LogP contribution is 2.13. The van der Waals surface area contributed by atoms with Crippen LogP contribution < -0.4 is 0 Å². The van der Waals surface area contributed by atoms with E-state index in [1.165, 1.54) is 70.6 Å². The molecule has 0 aromatic rings. The van der Waals surface area contributed by atoms with Crippen molar-refractivity contribution in [3.05, 3.63) is 97.2 Å². The Morgan fingerprint density at radius 2 is 0.667 bits per heavy atom. The number of esters is 3. The van der Waals surface area contributed by atoms with Crippen molar-refractivity contribution in [1.29, 1.82) is 0 Å². The summed E-state index contributed by atoms with van der Waals surface area (Å²) >= 11 is 0. The van der Waals surface area contributed by atoms with Crippen molar-refractivity contribution >= 4 is 17.9 Å².